The number of hydrogen-bond acceptors (Lipinski definition) is 2. The minimum Gasteiger partial charge on any atom is -0.325 e. The first-order valence-electron chi connectivity index (χ1n) is 5.05. The second kappa shape index (κ2) is 3.06. The minimum atomic E-state index is -0.320. The lowest BCUT2D eigenvalue weighted by Gasteiger charge is -2.19. The summed E-state index contributed by atoms with van der Waals surface area (Å²) >= 11 is 3.46. The lowest BCUT2D eigenvalue weighted by atomic mass is 9.81. The van der Waals surface area contributed by atoms with Gasteiger partial charge in [0.2, 0.25) is 5.91 Å². The van der Waals surface area contributed by atoms with Crippen LogP contribution < -0.4 is 10.6 Å². The molecule has 2 aliphatic rings. The first kappa shape index (κ1) is 9.36. The average molecular weight is 267 g/mol. The summed E-state index contributed by atoms with van der Waals surface area (Å²) in [4.78, 5) is 12.0. The van der Waals surface area contributed by atoms with Crippen LogP contribution >= 0.6 is 15.9 Å². The molecule has 0 bridgehead atoms. The molecule has 1 spiro atoms. The summed E-state index contributed by atoms with van der Waals surface area (Å²) in [5, 5.41) is 6.23. The van der Waals surface area contributed by atoms with Crippen LogP contribution in [-0.2, 0) is 10.2 Å². The molecule has 0 saturated carbocycles. The van der Waals surface area contributed by atoms with Crippen LogP contribution in [-0.4, -0.2) is 19.0 Å². The van der Waals surface area contributed by atoms with E-state index < -0.39 is 0 Å². The van der Waals surface area contributed by atoms with E-state index >= 15 is 0 Å². The number of amides is 1. The van der Waals surface area contributed by atoms with E-state index in [1.807, 2.05) is 12.1 Å². The van der Waals surface area contributed by atoms with Crippen molar-refractivity contribution >= 4 is 27.5 Å². The third kappa shape index (κ3) is 1.18. The highest BCUT2D eigenvalue weighted by Crippen LogP contribution is 2.42. The van der Waals surface area contributed by atoms with E-state index in [1.165, 1.54) is 0 Å². The molecule has 4 heteroatoms. The molecule has 3 rings (SSSR count). The largest absolute Gasteiger partial charge is 0.325 e. The molecule has 1 aromatic rings. The van der Waals surface area contributed by atoms with Crippen molar-refractivity contribution in [1.82, 2.24) is 5.32 Å². The minimum absolute atomic E-state index is 0.139. The molecule has 1 saturated heterocycles. The monoisotopic (exact) mass is 266 g/mol. The highest BCUT2D eigenvalue weighted by atomic mass is 79.9. The maximum atomic E-state index is 12.0. The number of nitrogens with one attached hydrogen (secondary N) is 2. The highest BCUT2D eigenvalue weighted by Gasteiger charge is 2.48. The van der Waals surface area contributed by atoms with Crippen LogP contribution in [0.25, 0.3) is 0 Å². The molecule has 1 amide bonds. The summed E-state index contributed by atoms with van der Waals surface area (Å²) in [6, 6.07) is 5.98. The molecular weight excluding hydrogens is 256 g/mol. The number of fused-ring (bicyclic) bond motifs is 2. The fourth-order valence-electron chi connectivity index (χ4n) is 2.50. The maximum absolute atomic E-state index is 12.0. The Morgan fingerprint density at radius 1 is 1.40 bits per heavy atom. The first-order chi connectivity index (χ1) is 7.22. The topological polar surface area (TPSA) is 41.1 Å². The zero-order chi connectivity index (χ0) is 10.5. The predicted octanol–water partition coefficient (Wildman–Crippen LogP) is 1.63. The van der Waals surface area contributed by atoms with Crippen molar-refractivity contribution in [2.24, 2.45) is 0 Å². The number of carbonyl (C=O) groups is 1. The first-order valence-corrected chi connectivity index (χ1v) is 5.84. The van der Waals surface area contributed by atoms with Crippen molar-refractivity contribution in [1.29, 1.82) is 0 Å². The molecule has 0 aliphatic carbocycles. The lowest BCUT2D eigenvalue weighted by Crippen LogP contribution is -2.36. The van der Waals surface area contributed by atoms with Crippen LogP contribution in [0, 0.1) is 0 Å². The van der Waals surface area contributed by atoms with Gasteiger partial charge in [0.1, 0.15) is 0 Å². The molecule has 1 aromatic carbocycles. The second-order valence-electron chi connectivity index (χ2n) is 4.15. The van der Waals surface area contributed by atoms with Crippen LogP contribution in [0.2, 0.25) is 0 Å². The van der Waals surface area contributed by atoms with E-state index in [0.29, 0.717) is 0 Å². The third-order valence-corrected chi connectivity index (χ3v) is 3.83. The van der Waals surface area contributed by atoms with Crippen molar-refractivity contribution in [2.45, 2.75) is 11.8 Å². The molecule has 1 unspecified atom stereocenters. The van der Waals surface area contributed by atoms with Gasteiger partial charge < -0.3 is 10.6 Å². The molecule has 2 N–H and O–H groups in total. The van der Waals surface area contributed by atoms with Crippen molar-refractivity contribution in [3.05, 3.63) is 28.2 Å². The van der Waals surface area contributed by atoms with Gasteiger partial charge >= 0.3 is 0 Å². The van der Waals surface area contributed by atoms with E-state index in [9.17, 15) is 4.79 Å². The zero-order valence-electron chi connectivity index (χ0n) is 8.14. The van der Waals surface area contributed by atoms with Gasteiger partial charge in [0.25, 0.3) is 0 Å². The number of carbonyl (C=O) groups excluding carboxylic acids is 1. The Morgan fingerprint density at radius 3 is 3.00 bits per heavy atom. The maximum Gasteiger partial charge on any atom is 0.236 e. The molecule has 0 radical (unpaired) electrons. The average Bonchev–Trinajstić information content (AvgIpc) is 2.78. The Balaban J connectivity index is 2.19. The Kier molecular flexibility index (Phi) is 1.91. The van der Waals surface area contributed by atoms with Gasteiger partial charge in [-0.3, -0.25) is 4.79 Å². The van der Waals surface area contributed by atoms with Crippen LogP contribution in [0.4, 0.5) is 5.69 Å². The van der Waals surface area contributed by atoms with Crippen molar-refractivity contribution in [3.63, 3.8) is 0 Å². The molecule has 78 valence electrons. The summed E-state index contributed by atoms with van der Waals surface area (Å²) in [7, 11) is 0. The predicted molar refractivity (Wildman–Crippen MR) is 61.9 cm³/mol. The Labute approximate surface area is 96.4 Å². The van der Waals surface area contributed by atoms with Gasteiger partial charge in [0, 0.05) is 16.7 Å². The van der Waals surface area contributed by atoms with Crippen LogP contribution in [0.1, 0.15) is 12.0 Å². The van der Waals surface area contributed by atoms with E-state index in [0.717, 1.165) is 35.2 Å². The van der Waals surface area contributed by atoms with E-state index in [1.54, 1.807) is 0 Å². The molecule has 1 fully saturated rings. The van der Waals surface area contributed by atoms with Gasteiger partial charge in [0.15, 0.2) is 0 Å². The smallest absolute Gasteiger partial charge is 0.236 e. The summed E-state index contributed by atoms with van der Waals surface area (Å²) in [6.45, 7) is 1.67. The highest BCUT2D eigenvalue weighted by molar-refractivity contribution is 9.10. The normalized spacial score (nSPS) is 28.2. The summed E-state index contributed by atoms with van der Waals surface area (Å²) in [5.74, 6) is 0.139. The second-order valence-corrected chi connectivity index (χ2v) is 5.07. The van der Waals surface area contributed by atoms with Gasteiger partial charge in [-0.1, -0.05) is 15.9 Å². The Hall–Kier alpha value is -0.870. The number of halogens is 1. The number of rotatable bonds is 0. The third-order valence-electron chi connectivity index (χ3n) is 3.34. The van der Waals surface area contributed by atoms with Gasteiger partial charge in [-0.05, 0) is 36.7 Å². The fraction of sp³-hybridized carbons (Fsp3) is 0.364. The molecule has 1 atom stereocenters. The van der Waals surface area contributed by atoms with Crippen molar-refractivity contribution < 1.29 is 4.79 Å². The van der Waals surface area contributed by atoms with E-state index in [2.05, 4.69) is 32.6 Å². The van der Waals surface area contributed by atoms with Gasteiger partial charge in [-0.25, -0.2) is 0 Å². The quantitative estimate of drug-likeness (QED) is 0.750. The molecule has 0 aromatic heterocycles. The molecule has 2 aliphatic heterocycles. The van der Waals surface area contributed by atoms with Crippen LogP contribution in [0.5, 0.6) is 0 Å². The fourth-order valence-corrected chi connectivity index (χ4v) is 2.86. The van der Waals surface area contributed by atoms with Crippen molar-refractivity contribution in [2.75, 3.05) is 18.4 Å². The number of anilines is 1. The molecule has 15 heavy (non-hydrogen) atoms. The lowest BCUT2D eigenvalue weighted by molar-refractivity contribution is -0.120. The van der Waals surface area contributed by atoms with Crippen LogP contribution in [0.3, 0.4) is 0 Å². The molecule has 3 nitrogen and oxygen atoms in total. The SMILES string of the molecule is O=C1Nc2ccc(Br)cc2C12CCNC2. The van der Waals surface area contributed by atoms with E-state index in [4.69, 9.17) is 0 Å². The van der Waals surface area contributed by atoms with Crippen molar-refractivity contribution in [3.8, 4) is 0 Å². The van der Waals surface area contributed by atoms with Crippen LogP contribution in [0.15, 0.2) is 22.7 Å². The number of hydrogen-bond donors (Lipinski definition) is 2. The summed E-state index contributed by atoms with van der Waals surface area (Å²) < 4.78 is 1.03. The summed E-state index contributed by atoms with van der Waals surface area (Å²) in [6.07, 6.45) is 0.891. The van der Waals surface area contributed by atoms with E-state index in [-0.39, 0.29) is 11.3 Å². The Bertz CT molecular complexity index is 438. The van der Waals surface area contributed by atoms with Gasteiger partial charge in [-0.2, -0.15) is 0 Å². The van der Waals surface area contributed by atoms with Gasteiger partial charge in [0.05, 0.1) is 5.41 Å². The molecule has 2 heterocycles. The summed E-state index contributed by atoms with van der Waals surface area (Å²) in [5.41, 5.74) is 1.78. The molecular formula is C11H11BrN2O. The standard InChI is InChI=1S/C11H11BrN2O/c12-7-1-2-9-8(5-7)11(10(15)14-9)3-4-13-6-11/h1-2,5,13H,3-4,6H2,(H,14,15). The van der Waals surface area contributed by atoms with Gasteiger partial charge in [-0.15, -0.1) is 0 Å². The zero-order valence-corrected chi connectivity index (χ0v) is 9.73. The Morgan fingerprint density at radius 2 is 2.27 bits per heavy atom. The number of benzene rings is 1.